The monoisotopic (exact) mass is 257 g/mol. The normalized spacial score (nSPS) is 12.3. The average Bonchev–Trinajstić information content (AvgIpc) is 2.75. The molecule has 1 unspecified atom stereocenters. The molecule has 0 amide bonds. The fraction of sp³-hybridized carbons (Fsp3) is 0.333. The molecule has 1 atom stereocenters. The van der Waals surface area contributed by atoms with E-state index in [1.165, 1.54) is 0 Å². The molecule has 1 aromatic carbocycles. The standard InChI is InChI=1S/C15H19N3O/c1-11(12-3-5-13(16)6-4-12)9-14(19)10-15-17-7-8-18(15)2/h3-8,11H,9-10,16H2,1-2H3. The number of benzene rings is 1. The molecule has 0 saturated heterocycles. The molecule has 2 rings (SSSR count). The Morgan fingerprint density at radius 2 is 2.05 bits per heavy atom. The Bertz CT molecular complexity index is 557. The summed E-state index contributed by atoms with van der Waals surface area (Å²) in [7, 11) is 1.90. The molecule has 1 heterocycles. The van der Waals surface area contributed by atoms with E-state index in [4.69, 9.17) is 5.73 Å². The third-order valence-electron chi connectivity index (χ3n) is 3.32. The third-order valence-corrected chi connectivity index (χ3v) is 3.32. The van der Waals surface area contributed by atoms with Gasteiger partial charge in [-0.3, -0.25) is 4.79 Å². The zero-order valence-corrected chi connectivity index (χ0v) is 11.3. The van der Waals surface area contributed by atoms with Crippen LogP contribution in [0, 0.1) is 0 Å². The van der Waals surface area contributed by atoms with Crippen LogP contribution in [0.15, 0.2) is 36.7 Å². The maximum Gasteiger partial charge on any atom is 0.141 e. The number of hydrogen-bond donors (Lipinski definition) is 1. The van der Waals surface area contributed by atoms with E-state index in [1.807, 2.05) is 42.1 Å². The average molecular weight is 257 g/mol. The highest BCUT2D eigenvalue weighted by Gasteiger charge is 2.13. The molecule has 100 valence electrons. The second kappa shape index (κ2) is 5.69. The van der Waals surface area contributed by atoms with Crippen LogP contribution in [0.2, 0.25) is 0 Å². The van der Waals surface area contributed by atoms with Gasteiger partial charge < -0.3 is 10.3 Å². The lowest BCUT2D eigenvalue weighted by Gasteiger charge is -2.11. The van der Waals surface area contributed by atoms with Gasteiger partial charge >= 0.3 is 0 Å². The van der Waals surface area contributed by atoms with Crippen molar-refractivity contribution in [3.8, 4) is 0 Å². The van der Waals surface area contributed by atoms with Crippen molar-refractivity contribution in [1.29, 1.82) is 0 Å². The van der Waals surface area contributed by atoms with Crippen LogP contribution in [0.4, 0.5) is 5.69 Å². The van der Waals surface area contributed by atoms with E-state index in [9.17, 15) is 4.79 Å². The van der Waals surface area contributed by atoms with Crippen molar-refractivity contribution in [2.75, 3.05) is 5.73 Å². The first kappa shape index (κ1) is 13.3. The van der Waals surface area contributed by atoms with Gasteiger partial charge in [0.15, 0.2) is 0 Å². The van der Waals surface area contributed by atoms with Gasteiger partial charge in [0.2, 0.25) is 0 Å². The van der Waals surface area contributed by atoms with Gasteiger partial charge in [-0.05, 0) is 23.6 Å². The maximum atomic E-state index is 12.0. The Balaban J connectivity index is 1.95. The Kier molecular flexibility index (Phi) is 4.00. The molecule has 1 aromatic heterocycles. The summed E-state index contributed by atoms with van der Waals surface area (Å²) in [5.41, 5.74) is 7.54. The van der Waals surface area contributed by atoms with Gasteiger partial charge in [-0.1, -0.05) is 19.1 Å². The minimum atomic E-state index is 0.202. The van der Waals surface area contributed by atoms with E-state index in [-0.39, 0.29) is 11.7 Å². The quantitative estimate of drug-likeness (QED) is 0.836. The van der Waals surface area contributed by atoms with Crippen LogP contribution in [-0.4, -0.2) is 15.3 Å². The summed E-state index contributed by atoms with van der Waals surface area (Å²) >= 11 is 0. The molecule has 4 heteroatoms. The molecule has 0 bridgehead atoms. The molecule has 0 fully saturated rings. The summed E-state index contributed by atoms with van der Waals surface area (Å²) in [6.45, 7) is 2.06. The van der Waals surface area contributed by atoms with Crippen molar-refractivity contribution in [2.45, 2.75) is 25.7 Å². The highest BCUT2D eigenvalue weighted by Crippen LogP contribution is 2.21. The van der Waals surface area contributed by atoms with E-state index in [0.717, 1.165) is 17.1 Å². The summed E-state index contributed by atoms with van der Waals surface area (Å²) in [4.78, 5) is 16.2. The van der Waals surface area contributed by atoms with Gasteiger partial charge in [0, 0.05) is 31.5 Å². The number of nitrogen functional groups attached to an aromatic ring is 1. The predicted molar refractivity (Wildman–Crippen MR) is 75.8 cm³/mol. The molecule has 2 N–H and O–H groups in total. The third kappa shape index (κ3) is 3.44. The van der Waals surface area contributed by atoms with Gasteiger partial charge in [-0.25, -0.2) is 4.98 Å². The molecule has 0 aliphatic rings. The van der Waals surface area contributed by atoms with Crippen molar-refractivity contribution < 1.29 is 4.79 Å². The Morgan fingerprint density at radius 1 is 1.37 bits per heavy atom. The molecule has 0 saturated carbocycles. The number of Topliss-reactive ketones (excluding diaryl/α,β-unsaturated/α-hetero) is 1. The molecule has 0 spiro atoms. The van der Waals surface area contributed by atoms with Crippen LogP contribution in [-0.2, 0) is 18.3 Å². The molecule has 19 heavy (non-hydrogen) atoms. The maximum absolute atomic E-state index is 12.0. The van der Waals surface area contributed by atoms with Crippen LogP contribution < -0.4 is 5.73 Å². The lowest BCUT2D eigenvalue weighted by atomic mass is 9.94. The van der Waals surface area contributed by atoms with Gasteiger partial charge in [-0.15, -0.1) is 0 Å². The fourth-order valence-corrected chi connectivity index (χ4v) is 2.10. The molecule has 2 aromatic rings. The lowest BCUT2D eigenvalue weighted by Crippen LogP contribution is -2.10. The number of carbonyl (C=O) groups is 1. The molecule has 0 radical (unpaired) electrons. The second-order valence-electron chi connectivity index (χ2n) is 4.94. The van der Waals surface area contributed by atoms with E-state index >= 15 is 0 Å². The molecule has 4 nitrogen and oxygen atoms in total. The number of rotatable bonds is 5. The highest BCUT2D eigenvalue weighted by molar-refractivity contribution is 5.81. The zero-order chi connectivity index (χ0) is 13.8. The number of carbonyl (C=O) groups excluding carboxylic acids is 1. The summed E-state index contributed by atoms with van der Waals surface area (Å²) in [6.07, 6.45) is 4.48. The van der Waals surface area contributed by atoms with Crippen molar-refractivity contribution in [1.82, 2.24) is 9.55 Å². The van der Waals surface area contributed by atoms with Crippen molar-refractivity contribution in [3.63, 3.8) is 0 Å². The Hall–Kier alpha value is -2.10. The van der Waals surface area contributed by atoms with E-state index in [0.29, 0.717) is 12.8 Å². The lowest BCUT2D eigenvalue weighted by molar-refractivity contribution is -0.118. The van der Waals surface area contributed by atoms with Gasteiger partial charge in [-0.2, -0.15) is 0 Å². The first-order chi connectivity index (χ1) is 9.06. The summed E-state index contributed by atoms with van der Waals surface area (Å²) in [5.74, 6) is 1.22. The largest absolute Gasteiger partial charge is 0.399 e. The van der Waals surface area contributed by atoms with Crippen LogP contribution >= 0.6 is 0 Å². The number of anilines is 1. The predicted octanol–water partition coefficient (Wildman–Crippen LogP) is 2.31. The van der Waals surface area contributed by atoms with Crippen molar-refractivity contribution in [3.05, 3.63) is 48.0 Å². The number of imidazole rings is 1. The van der Waals surface area contributed by atoms with E-state index < -0.39 is 0 Å². The van der Waals surface area contributed by atoms with Gasteiger partial charge in [0.05, 0.1) is 6.42 Å². The topological polar surface area (TPSA) is 60.9 Å². The Labute approximate surface area is 113 Å². The number of nitrogens with zero attached hydrogens (tertiary/aromatic N) is 2. The second-order valence-corrected chi connectivity index (χ2v) is 4.94. The number of hydrogen-bond acceptors (Lipinski definition) is 3. The highest BCUT2D eigenvalue weighted by atomic mass is 16.1. The van der Waals surface area contributed by atoms with E-state index in [1.54, 1.807) is 6.20 Å². The van der Waals surface area contributed by atoms with Crippen LogP contribution in [0.5, 0.6) is 0 Å². The van der Waals surface area contributed by atoms with E-state index in [2.05, 4.69) is 11.9 Å². The first-order valence-electron chi connectivity index (χ1n) is 6.39. The van der Waals surface area contributed by atoms with Crippen LogP contribution in [0.1, 0.15) is 30.7 Å². The number of aromatic nitrogens is 2. The smallest absolute Gasteiger partial charge is 0.141 e. The Morgan fingerprint density at radius 3 is 2.63 bits per heavy atom. The molecule has 0 aliphatic carbocycles. The van der Waals surface area contributed by atoms with Crippen molar-refractivity contribution in [2.24, 2.45) is 7.05 Å². The van der Waals surface area contributed by atoms with Crippen LogP contribution in [0.3, 0.4) is 0 Å². The molecule has 0 aliphatic heterocycles. The molecular weight excluding hydrogens is 238 g/mol. The summed E-state index contributed by atoms with van der Waals surface area (Å²) in [6, 6.07) is 7.70. The van der Waals surface area contributed by atoms with Crippen molar-refractivity contribution >= 4 is 11.5 Å². The van der Waals surface area contributed by atoms with Gasteiger partial charge in [0.25, 0.3) is 0 Å². The number of ketones is 1. The summed E-state index contributed by atoms with van der Waals surface area (Å²) in [5, 5.41) is 0. The zero-order valence-electron chi connectivity index (χ0n) is 11.3. The molecular formula is C15H19N3O. The first-order valence-corrected chi connectivity index (χ1v) is 6.39. The minimum Gasteiger partial charge on any atom is -0.399 e. The minimum absolute atomic E-state index is 0.202. The summed E-state index contributed by atoms with van der Waals surface area (Å²) < 4.78 is 1.88. The number of aryl methyl sites for hydroxylation is 1. The fourth-order valence-electron chi connectivity index (χ4n) is 2.10. The van der Waals surface area contributed by atoms with Crippen LogP contribution in [0.25, 0.3) is 0 Å². The van der Waals surface area contributed by atoms with Gasteiger partial charge in [0.1, 0.15) is 11.6 Å². The SMILES string of the molecule is CC(CC(=O)Cc1nccn1C)c1ccc(N)cc1. The number of nitrogens with two attached hydrogens (primary N) is 1.